The summed E-state index contributed by atoms with van der Waals surface area (Å²) < 4.78 is 6.29. The van der Waals surface area contributed by atoms with Gasteiger partial charge in [-0.2, -0.15) is 0 Å². The van der Waals surface area contributed by atoms with Gasteiger partial charge in [-0.15, -0.1) is 0 Å². The Hall–Kier alpha value is -7.36. The number of benzene rings is 9. The number of hydrogen-bond donors (Lipinski definition) is 0. The Labute approximate surface area is 316 Å². The van der Waals surface area contributed by atoms with Gasteiger partial charge in [0.25, 0.3) is 0 Å². The van der Waals surface area contributed by atoms with Gasteiger partial charge in [0, 0.05) is 16.5 Å². The Morgan fingerprint density at radius 2 is 0.855 bits per heavy atom. The molecule has 55 heavy (non-hydrogen) atoms. The zero-order chi connectivity index (χ0) is 36.0. The van der Waals surface area contributed by atoms with Gasteiger partial charge in [-0.3, -0.25) is 0 Å². The molecule has 0 aliphatic rings. The quantitative estimate of drug-likeness (QED) is 0.172. The Kier molecular flexibility index (Phi) is 6.34. The molecule has 254 valence electrons. The SMILES string of the molecule is c1ccc(-c2nc(-c3ccc(-c4cc5ccc6cccc7c8cccc9ccc%10cccc(c(c4)c5c67)c%10c98)cc3)cc(-c3cc4ccccc4o3)n2)cc1. The van der Waals surface area contributed by atoms with Crippen LogP contribution in [0.1, 0.15) is 0 Å². The van der Waals surface area contributed by atoms with E-state index in [0.717, 1.165) is 44.8 Å². The average Bonchev–Trinajstić information content (AvgIpc) is 3.70. The molecule has 0 atom stereocenters. The highest BCUT2D eigenvalue weighted by Crippen LogP contribution is 2.44. The summed E-state index contributed by atoms with van der Waals surface area (Å²) >= 11 is 0. The average molecular weight is 699 g/mol. The van der Waals surface area contributed by atoms with E-state index >= 15 is 0 Å². The Morgan fingerprint density at radius 1 is 0.309 bits per heavy atom. The fourth-order valence-electron chi connectivity index (χ4n) is 8.83. The van der Waals surface area contributed by atoms with Crippen LogP contribution in [0.5, 0.6) is 0 Å². The summed E-state index contributed by atoms with van der Waals surface area (Å²) in [6.07, 6.45) is 0. The highest BCUT2D eigenvalue weighted by molar-refractivity contribution is 6.37. The summed E-state index contributed by atoms with van der Waals surface area (Å²) in [7, 11) is 0. The molecule has 12 aromatic rings. The van der Waals surface area contributed by atoms with Crippen LogP contribution in [0.4, 0.5) is 0 Å². The largest absolute Gasteiger partial charge is 0.454 e. The molecule has 0 saturated carbocycles. The molecular weight excluding hydrogens is 669 g/mol. The van der Waals surface area contributed by atoms with Crippen molar-refractivity contribution in [1.82, 2.24) is 9.97 Å². The maximum atomic E-state index is 6.29. The molecule has 0 radical (unpaired) electrons. The van der Waals surface area contributed by atoms with Crippen molar-refractivity contribution in [2.24, 2.45) is 0 Å². The molecule has 0 unspecified atom stereocenters. The number of furan rings is 1. The van der Waals surface area contributed by atoms with Crippen molar-refractivity contribution in [3.8, 4) is 45.2 Å². The van der Waals surface area contributed by atoms with Crippen LogP contribution in [-0.4, -0.2) is 9.97 Å². The van der Waals surface area contributed by atoms with Crippen molar-refractivity contribution >= 4 is 75.6 Å². The lowest BCUT2D eigenvalue weighted by Gasteiger charge is -2.17. The minimum atomic E-state index is 0.663. The molecule has 0 aliphatic carbocycles. The van der Waals surface area contributed by atoms with Crippen LogP contribution in [0.25, 0.3) is 121 Å². The summed E-state index contributed by atoms with van der Waals surface area (Å²) in [5, 5.41) is 16.4. The second-order valence-corrected chi connectivity index (χ2v) is 14.5. The van der Waals surface area contributed by atoms with Crippen LogP contribution in [0.15, 0.2) is 186 Å². The molecule has 2 aromatic heterocycles. The summed E-state index contributed by atoms with van der Waals surface area (Å²) in [6.45, 7) is 0. The van der Waals surface area contributed by atoms with E-state index in [9.17, 15) is 0 Å². The second-order valence-electron chi connectivity index (χ2n) is 14.5. The van der Waals surface area contributed by atoms with E-state index in [0.29, 0.717) is 5.82 Å². The molecule has 0 amide bonds. The first-order chi connectivity index (χ1) is 27.2. The molecule has 0 bridgehead atoms. The van der Waals surface area contributed by atoms with Crippen LogP contribution in [0, 0.1) is 0 Å². The highest BCUT2D eigenvalue weighted by atomic mass is 16.3. The fourth-order valence-corrected chi connectivity index (χ4v) is 8.83. The molecule has 10 aromatic carbocycles. The maximum Gasteiger partial charge on any atom is 0.160 e. The number of fused-ring (bicyclic) bond motifs is 3. The number of nitrogens with zero attached hydrogens (tertiary/aromatic N) is 2. The summed E-state index contributed by atoms with van der Waals surface area (Å²) in [5.41, 5.74) is 6.73. The molecule has 0 fully saturated rings. The topological polar surface area (TPSA) is 38.9 Å². The lowest BCUT2D eigenvalue weighted by Crippen LogP contribution is -1.95. The zero-order valence-corrected chi connectivity index (χ0v) is 29.6. The van der Waals surface area contributed by atoms with Crippen LogP contribution in [0.3, 0.4) is 0 Å². The fraction of sp³-hybridized carbons (Fsp3) is 0. The Morgan fingerprint density at radius 3 is 1.53 bits per heavy atom. The van der Waals surface area contributed by atoms with Crippen LogP contribution in [0.2, 0.25) is 0 Å². The van der Waals surface area contributed by atoms with Crippen molar-refractivity contribution in [3.63, 3.8) is 0 Å². The van der Waals surface area contributed by atoms with Gasteiger partial charge in [0.15, 0.2) is 11.6 Å². The van der Waals surface area contributed by atoms with Crippen molar-refractivity contribution in [2.75, 3.05) is 0 Å². The minimum absolute atomic E-state index is 0.663. The number of para-hydroxylation sites is 1. The first-order valence-corrected chi connectivity index (χ1v) is 18.7. The molecule has 0 N–H and O–H groups in total. The van der Waals surface area contributed by atoms with Crippen LogP contribution in [-0.2, 0) is 0 Å². The van der Waals surface area contributed by atoms with E-state index in [4.69, 9.17) is 14.4 Å². The number of rotatable bonds is 4. The molecular formula is C52H30N2O. The monoisotopic (exact) mass is 698 g/mol. The van der Waals surface area contributed by atoms with E-state index in [2.05, 4.69) is 127 Å². The Bertz CT molecular complexity index is 3430. The first kappa shape index (κ1) is 30.1. The van der Waals surface area contributed by atoms with E-state index < -0.39 is 0 Å². The van der Waals surface area contributed by atoms with Crippen molar-refractivity contribution < 1.29 is 4.42 Å². The zero-order valence-electron chi connectivity index (χ0n) is 29.6. The standard InChI is InChI=1S/C52H30N2O/c1-2-9-36(10-3-1)52-53-44(30-45(54-52)47-29-37-11-4-5-18-46(37)55-47)32-21-19-31(20-22-32)39-27-38-26-25-35-13-7-16-41-40-15-6-12-33-23-24-34-14-8-17-42(50(34)48(33)40)43(28-39)51(38)49(35)41/h1-30H. The van der Waals surface area contributed by atoms with E-state index in [1.54, 1.807) is 0 Å². The van der Waals surface area contributed by atoms with Gasteiger partial charge < -0.3 is 4.42 Å². The third-order valence-corrected chi connectivity index (χ3v) is 11.4. The van der Waals surface area contributed by atoms with Gasteiger partial charge in [0.2, 0.25) is 0 Å². The predicted octanol–water partition coefficient (Wildman–Crippen LogP) is 14.2. The van der Waals surface area contributed by atoms with Crippen molar-refractivity contribution in [2.45, 2.75) is 0 Å². The normalized spacial score (nSPS) is 12.0. The second kappa shape index (κ2) is 11.6. The lowest BCUT2D eigenvalue weighted by atomic mass is 9.86. The van der Waals surface area contributed by atoms with E-state index in [-0.39, 0.29) is 0 Å². The molecule has 3 nitrogen and oxygen atoms in total. The first-order valence-electron chi connectivity index (χ1n) is 18.7. The van der Waals surface area contributed by atoms with Gasteiger partial charge in [-0.05, 0) is 106 Å². The van der Waals surface area contributed by atoms with Gasteiger partial charge in [-0.25, -0.2) is 9.97 Å². The molecule has 0 aliphatic heterocycles. The van der Waals surface area contributed by atoms with Gasteiger partial charge >= 0.3 is 0 Å². The predicted molar refractivity (Wildman–Crippen MR) is 230 cm³/mol. The van der Waals surface area contributed by atoms with E-state index in [1.165, 1.54) is 70.2 Å². The number of aromatic nitrogens is 2. The lowest BCUT2D eigenvalue weighted by molar-refractivity contribution is 0.628. The van der Waals surface area contributed by atoms with Crippen molar-refractivity contribution in [3.05, 3.63) is 182 Å². The highest BCUT2D eigenvalue weighted by Gasteiger charge is 2.18. The molecule has 0 spiro atoms. The van der Waals surface area contributed by atoms with Gasteiger partial charge in [-0.1, -0.05) is 152 Å². The van der Waals surface area contributed by atoms with E-state index in [1.807, 2.05) is 54.6 Å². The third kappa shape index (κ3) is 4.63. The van der Waals surface area contributed by atoms with Gasteiger partial charge in [0.05, 0.1) is 5.69 Å². The summed E-state index contributed by atoms with van der Waals surface area (Å²) in [4.78, 5) is 10.1. The summed E-state index contributed by atoms with van der Waals surface area (Å²) in [6, 6.07) is 65.3. The molecule has 2 heterocycles. The van der Waals surface area contributed by atoms with Crippen LogP contribution >= 0.6 is 0 Å². The molecule has 0 saturated heterocycles. The van der Waals surface area contributed by atoms with Crippen LogP contribution < -0.4 is 0 Å². The smallest absolute Gasteiger partial charge is 0.160 e. The molecule has 12 rings (SSSR count). The number of hydrogen-bond acceptors (Lipinski definition) is 3. The van der Waals surface area contributed by atoms with Crippen molar-refractivity contribution in [1.29, 1.82) is 0 Å². The minimum Gasteiger partial charge on any atom is -0.454 e. The summed E-state index contributed by atoms with van der Waals surface area (Å²) in [5.74, 6) is 1.38. The molecule has 3 heteroatoms. The maximum absolute atomic E-state index is 6.29. The van der Waals surface area contributed by atoms with Gasteiger partial charge in [0.1, 0.15) is 11.3 Å². The third-order valence-electron chi connectivity index (χ3n) is 11.4. The Balaban J connectivity index is 1.07.